The van der Waals surface area contributed by atoms with E-state index in [0.29, 0.717) is 51.6 Å². The molecule has 2 aromatic rings. The molecule has 14 heteroatoms. The van der Waals surface area contributed by atoms with Gasteiger partial charge < -0.3 is 39.7 Å². The molecule has 1 aromatic carbocycles. The molecule has 2 aliphatic heterocycles. The number of nitrogens with zero attached hydrogens (tertiary/aromatic N) is 6. The van der Waals surface area contributed by atoms with Crippen molar-refractivity contribution in [3.05, 3.63) is 48.2 Å². The number of unbranched alkanes of at least 4 members (excludes halogenated alkanes) is 2. The Balaban J connectivity index is 1.49. The van der Waals surface area contributed by atoms with Crippen LogP contribution in [0, 0.1) is 0 Å². The molecule has 0 spiro atoms. The van der Waals surface area contributed by atoms with E-state index in [-0.39, 0.29) is 50.7 Å². The number of carbonyl (C=O) groups excluding carboxylic acids is 4. The van der Waals surface area contributed by atoms with E-state index in [4.69, 9.17) is 4.74 Å². The zero-order valence-electron chi connectivity index (χ0n) is 29.5. The Kier molecular flexibility index (Phi) is 14.2. The first-order valence-corrected chi connectivity index (χ1v) is 17.7. The molecule has 5 amide bonds. The van der Waals surface area contributed by atoms with E-state index in [9.17, 15) is 29.1 Å². The second-order valence-corrected chi connectivity index (χ2v) is 12.5. The first-order chi connectivity index (χ1) is 24.1. The van der Waals surface area contributed by atoms with Crippen LogP contribution in [0.3, 0.4) is 0 Å². The number of amides is 5. The maximum absolute atomic E-state index is 13.8. The maximum atomic E-state index is 13.8. The van der Waals surface area contributed by atoms with Gasteiger partial charge in [-0.05, 0) is 38.8 Å². The molecule has 14 nitrogen and oxygen atoms in total. The number of carboxylic acids is 1. The highest BCUT2D eigenvalue weighted by molar-refractivity contribution is 5.97. The van der Waals surface area contributed by atoms with Crippen LogP contribution in [0.15, 0.2) is 42.5 Å². The van der Waals surface area contributed by atoms with E-state index in [1.807, 2.05) is 55.1 Å². The Bertz CT molecular complexity index is 1450. The molecule has 3 heterocycles. The highest BCUT2D eigenvalue weighted by Crippen LogP contribution is 2.26. The SMILES string of the molecule is CCCCCOC(=O)N1CCN(C(=O)[C@H](CCC(=O)O)NC(=O)c2cc(N3CCN(C(=O)N(CC)CC)CC3)cc(-c3ccccc3)n2)CC1. The lowest BCUT2D eigenvalue weighted by Gasteiger charge is -2.38. The largest absolute Gasteiger partial charge is 0.481 e. The lowest BCUT2D eigenvalue weighted by Crippen LogP contribution is -2.56. The van der Waals surface area contributed by atoms with Gasteiger partial charge in [-0.25, -0.2) is 14.6 Å². The lowest BCUT2D eigenvalue weighted by atomic mass is 10.1. The molecule has 0 saturated carbocycles. The number of hydrogen-bond acceptors (Lipinski definition) is 8. The summed E-state index contributed by atoms with van der Waals surface area (Å²) in [5.41, 5.74) is 2.22. The molecular weight excluding hydrogens is 642 g/mol. The summed E-state index contributed by atoms with van der Waals surface area (Å²) in [4.78, 5) is 78.0. The summed E-state index contributed by atoms with van der Waals surface area (Å²) in [5, 5.41) is 12.2. The average molecular weight is 694 g/mol. The van der Waals surface area contributed by atoms with Gasteiger partial charge in [-0.2, -0.15) is 0 Å². The number of hydrogen-bond donors (Lipinski definition) is 2. The Morgan fingerprint density at radius 3 is 2.12 bits per heavy atom. The number of anilines is 1. The van der Waals surface area contributed by atoms with Crippen LogP contribution in [0.1, 0.15) is 63.4 Å². The van der Waals surface area contributed by atoms with Crippen LogP contribution >= 0.6 is 0 Å². The van der Waals surface area contributed by atoms with Crippen LogP contribution in [0.4, 0.5) is 15.3 Å². The zero-order valence-corrected chi connectivity index (χ0v) is 29.5. The maximum Gasteiger partial charge on any atom is 0.409 e. The minimum Gasteiger partial charge on any atom is -0.481 e. The van der Waals surface area contributed by atoms with Crippen molar-refractivity contribution in [1.82, 2.24) is 29.9 Å². The van der Waals surface area contributed by atoms with Crippen LogP contribution in [0.2, 0.25) is 0 Å². The quantitative estimate of drug-likeness (QED) is 0.281. The lowest BCUT2D eigenvalue weighted by molar-refractivity contribution is -0.138. The smallest absolute Gasteiger partial charge is 0.409 e. The molecule has 272 valence electrons. The van der Waals surface area contributed by atoms with Crippen molar-refractivity contribution < 1.29 is 33.8 Å². The molecule has 0 unspecified atom stereocenters. The van der Waals surface area contributed by atoms with Gasteiger partial charge in [0.1, 0.15) is 11.7 Å². The Labute approximate surface area is 294 Å². The number of urea groups is 1. The third-order valence-electron chi connectivity index (χ3n) is 9.13. The Morgan fingerprint density at radius 1 is 0.860 bits per heavy atom. The topological polar surface area (TPSA) is 156 Å². The van der Waals surface area contributed by atoms with E-state index < -0.39 is 29.9 Å². The van der Waals surface area contributed by atoms with Crippen molar-refractivity contribution in [3.8, 4) is 11.3 Å². The molecule has 2 aliphatic rings. The minimum atomic E-state index is -1.11. The second kappa shape index (κ2) is 18.8. The van der Waals surface area contributed by atoms with Crippen molar-refractivity contribution in [2.45, 2.75) is 58.9 Å². The van der Waals surface area contributed by atoms with Crippen molar-refractivity contribution in [2.75, 3.05) is 77.0 Å². The van der Waals surface area contributed by atoms with Crippen LogP contribution in [0.25, 0.3) is 11.3 Å². The number of piperazine rings is 2. The highest BCUT2D eigenvalue weighted by Gasteiger charge is 2.32. The van der Waals surface area contributed by atoms with Crippen LogP contribution in [-0.4, -0.2) is 138 Å². The number of pyridine rings is 1. The van der Waals surface area contributed by atoms with Crippen LogP contribution in [-0.2, 0) is 14.3 Å². The molecule has 2 N–H and O–H groups in total. The fourth-order valence-corrected chi connectivity index (χ4v) is 6.11. The van der Waals surface area contributed by atoms with Gasteiger partial charge in [0.25, 0.3) is 5.91 Å². The third-order valence-corrected chi connectivity index (χ3v) is 9.13. The standard InChI is InChI=1S/C36H51N7O7/c1-4-7-11-24-50-36(49)43-22-18-41(19-23-43)34(47)29(14-15-32(44)45)38-33(46)31-26-28(25-30(37-31)27-12-9-8-10-13-27)40-16-20-42(21-17-40)35(48)39(5-2)6-3/h8-10,12-13,25-26,29H,4-7,11,14-24H2,1-3H3,(H,38,46)(H,44,45)/t29-/m0/s1. The van der Waals surface area contributed by atoms with E-state index in [0.717, 1.165) is 30.5 Å². The predicted octanol–water partition coefficient (Wildman–Crippen LogP) is 3.77. The van der Waals surface area contributed by atoms with Crippen LogP contribution in [0.5, 0.6) is 0 Å². The monoisotopic (exact) mass is 693 g/mol. The number of rotatable bonds is 14. The molecule has 2 saturated heterocycles. The summed E-state index contributed by atoms with van der Waals surface area (Å²) in [7, 11) is 0. The van der Waals surface area contributed by atoms with Crippen molar-refractivity contribution in [1.29, 1.82) is 0 Å². The van der Waals surface area contributed by atoms with Gasteiger partial charge in [0.15, 0.2) is 0 Å². The number of carbonyl (C=O) groups is 5. The summed E-state index contributed by atoms with van der Waals surface area (Å²) >= 11 is 0. The van der Waals surface area contributed by atoms with Gasteiger partial charge in [0, 0.05) is 83.1 Å². The van der Waals surface area contributed by atoms with Gasteiger partial charge in [0.2, 0.25) is 5.91 Å². The molecule has 1 aromatic heterocycles. The Hall–Kier alpha value is -4.88. The van der Waals surface area contributed by atoms with Gasteiger partial charge in [-0.15, -0.1) is 0 Å². The first-order valence-electron chi connectivity index (χ1n) is 17.7. The third kappa shape index (κ3) is 10.3. The average Bonchev–Trinajstić information content (AvgIpc) is 3.15. The normalized spacial score (nSPS) is 15.3. The van der Waals surface area contributed by atoms with E-state index in [1.165, 1.54) is 0 Å². The molecular formula is C36H51N7O7. The van der Waals surface area contributed by atoms with E-state index >= 15 is 0 Å². The number of nitrogens with one attached hydrogen (secondary N) is 1. The van der Waals surface area contributed by atoms with Crippen molar-refractivity contribution >= 4 is 35.6 Å². The fraction of sp³-hybridized carbons (Fsp3) is 0.556. The summed E-state index contributed by atoms with van der Waals surface area (Å²) in [6, 6.07) is 11.9. The number of aliphatic carboxylic acids is 1. The summed E-state index contributed by atoms with van der Waals surface area (Å²) in [5.74, 6) is -2.10. The Morgan fingerprint density at radius 2 is 1.50 bits per heavy atom. The van der Waals surface area contributed by atoms with Crippen molar-refractivity contribution in [2.24, 2.45) is 0 Å². The molecule has 4 rings (SSSR count). The first kappa shape index (κ1) is 37.9. The predicted molar refractivity (Wildman–Crippen MR) is 189 cm³/mol. The van der Waals surface area contributed by atoms with Gasteiger partial charge in [0.05, 0.1) is 12.3 Å². The van der Waals surface area contributed by atoms with E-state index in [1.54, 1.807) is 20.8 Å². The second-order valence-electron chi connectivity index (χ2n) is 12.5. The fourth-order valence-electron chi connectivity index (χ4n) is 6.11. The number of aromatic nitrogens is 1. The van der Waals surface area contributed by atoms with Gasteiger partial charge in [-0.3, -0.25) is 14.4 Å². The number of benzene rings is 1. The molecule has 1 atom stereocenters. The molecule has 50 heavy (non-hydrogen) atoms. The summed E-state index contributed by atoms with van der Waals surface area (Å²) < 4.78 is 5.35. The van der Waals surface area contributed by atoms with Crippen molar-refractivity contribution in [3.63, 3.8) is 0 Å². The molecule has 0 radical (unpaired) electrons. The minimum absolute atomic E-state index is 0.00949. The van der Waals surface area contributed by atoms with E-state index in [2.05, 4.69) is 22.1 Å². The van der Waals surface area contributed by atoms with Gasteiger partial charge in [-0.1, -0.05) is 50.1 Å². The number of carboxylic acid groups (broad SMARTS) is 1. The molecule has 0 aliphatic carbocycles. The molecule has 0 bridgehead atoms. The summed E-state index contributed by atoms with van der Waals surface area (Å²) in [6.07, 6.45) is 1.95. The zero-order chi connectivity index (χ0) is 36.0. The number of ether oxygens (including phenoxy) is 1. The molecule has 2 fully saturated rings. The van der Waals surface area contributed by atoms with Gasteiger partial charge >= 0.3 is 18.1 Å². The summed E-state index contributed by atoms with van der Waals surface area (Å²) in [6.45, 7) is 10.8. The van der Waals surface area contributed by atoms with Crippen LogP contribution < -0.4 is 10.2 Å². The highest BCUT2D eigenvalue weighted by atomic mass is 16.6.